The first kappa shape index (κ1) is 12.1. The molecule has 1 heterocycles. The summed E-state index contributed by atoms with van der Waals surface area (Å²) < 4.78 is 13.8. The number of nitrogens with one attached hydrogen (secondary N) is 1. The summed E-state index contributed by atoms with van der Waals surface area (Å²) in [6, 6.07) is 4.24. The Morgan fingerprint density at radius 3 is 2.94 bits per heavy atom. The molecule has 0 unspecified atom stereocenters. The molecular weight excluding hydrogens is 310 g/mol. The summed E-state index contributed by atoms with van der Waals surface area (Å²) in [6.07, 6.45) is 1.37. The van der Waals surface area contributed by atoms with E-state index in [9.17, 15) is 4.39 Å². The van der Waals surface area contributed by atoms with Crippen LogP contribution in [0.15, 0.2) is 28.9 Å². The number of benzene rings is 1. The van der Waals surface area contributed by atoms with E-state index in [1.165, 1.54) is 18.3 Å². The Hall–Kier alpha value is -1.40. The molecule has 0 amide bonds. The molecule has 88 valence electrons. The van der Waals surface area contributed by atoms with Gasteiger partial charge in [-0.25, -0.2) is 9.37 Å². The van der Waals surface area contributed by atoms with Crippen LogP contribution in [0.25, 0.3) is 0 Å². The highest BCUT2D eigenvalue weighted by molar-refractivity contribution is 9.10. The standard InChI is InChI=1S/C10H7BrClFN4/c11-6-2-1-5(13)3-8(6)16-9-7(12)4-15-10(14)17-9/h1-4H,(H3,14,15,16,17). The third-order valence-corrected chi connectivity index (χ3v) is 2.91. The van der Waals surface area contributed by atoms with E-state index in [1.807, 2.05) is 0 Å². The van der Waals surface area contributed by atoms with Crippen molar-refractivity contribution in [3.63, 3.8) is 0 Å². The number of nitrogens with two attached hydrogens (primary N) is 1. The Bertz CT molecular complexity index is 514. The maximum atomic E-state index is 13.1. The van der Waals surface area contributed by atoms with Gasteiger partial charge in [-0.05, 0) is 34.1 Å². The quantitative estimate of drug-likeness (QED) is 0.891. The smallest absolute Gasteiger partial charge is 0.222 e. The molecule has 2 aromatic rings. The second kappa shape index (κ2) is 4.85. The molecule has 2 rings (SSSR count). The Morgan fingerprint density at radius 1 is 1.41 bits per heavy atom. The Kier molecular flexibility index (Phi) is 3.44. The molecule has 0 saturated carbocycles. The number of nitrogen functional groups attached to an aromatic ring is 1. The maximum absolute atomic E-state index is 13.1. The van der Waals surface area contributed by atoms with E-state index in [4.69, 9.17) is 17.3 Å². The summed E-state index contributed by atoms with van der Waals surface area (Å²) in [6.45, 7) is 0. The molecule has 1 aromatic heterocycles. The van der Waals surface area contributed by atoms with Crippen LogP contribution in [0.2, 0.25) is 5.02 Å². The van der Waals surface area contributed by atoms with Crippen LogP contribution in [0.3, 0.4) is 0 Å². The van der Waals surface area contributed by atoms with Gasteiger partial charge in [0.25, 0.3) is 0 Å². The summed E-state index contributed by atoms with van der Waals surface area (Å²) in [5, 5.41) is 3.17. The zero-order valence-electron chi connectivity index (χ0n) is 8.42. The van der Waals surface area contributed by atoms with Crippen LogP contribution in [-0.4, -0.2) is 9.97 Å². The zero-order chi connectivity index (χ0) is 12.4. The predicted molar refractivity (Wildman–Crippen MR) is 68.8 cm³/mol. The van der Waals surface area contributed by atoms with Crippen molar-refractivity contribution in [3.8, 4) is 0 Å². The third kappa shape index (κ3) is 2.83. The molecule has 0 radical (unpaired) electrons. The van der Waals surface area contributed by atoms with E-state index in [0.717, 1.165) is 0 Å². The minimum Gasteiger partial charge on any atom is -0.368 e. The minimum absolute atomic E-state index is 0.0874. The van der Waals surface area contributed by atoms with Gasteiger partial charge in [0, 0.05) is 4.47 Å². The Morgan fingerprint density at radius 2 is 2.18 bits per heavy atom. The topological polar surface area (TPSA) is 63.8 Å². The van der Waals surface area contributed by atoms with Crippen molar-refractivity contribution in [1.29, 1.82) is 0 Å². The van der Waals surface area contributed by atoms with Gasteiger partial charge in [0.15, 0.2) is 5.82 Å². The van der Waals surface area contributed by atoms with Crippen LogP contribution in [0, 0.1) is 5.82 Å². The molecule has 0 spiro atoms. The molecule has 7 heteroatoms. The largest absolute Gasteiger partial charge is 0.368 e. The summed E-state index contributed by atoms with van der Waals surface area (Å²) in [5.74, 6) is 0.0451. The lowest BCUT2D eigenvalue weighted by molar-refractivity contribution is 0.628. The molecule has 17 heavy (non-hydrogen) atoms. The van der Waals surface area contributed by atoms with Crippen LogP contribution in [0.5, 0.6) is 0 Å². The lowest BCUT2D eigenvalue weighted by Gasteiger charge is -2.09. The SMILES string of the molecule is Nc1ncc(Cl)c(Nc2cc(F)ccc2Br)n1. The highest BCUT2D eigenvalue weighted by Gasteiger charge is 2.07. The summed E-state index contributed by atoms with van der Waals surface area (Å²) >= 11 is 9.17. The summed E-state index contributed by atoms with van der Waals surface area (Å²) in [4.78, 5) is 7.65. The third-order valence-electron chi connectivity index (χ3n) is 1.94. The molecule has 0 fully saturated rings. The van der Waals surface area contributed by atoms with E-state index >= 15 is 0 Å². The van der Waals surface area contributed by atoms with E-state index < -0.39 is 0 Å². The van der Waals surface area contributed by atoms with Gasteiger partial charge in [-0.2, -0.15) is 4.98 Å². The van der Waals surface area contributed by atoms with Crippen molar-refractivity contribution >= 4 is 45.0 Å². The summed E-state index contributed by atoms with van der Waals surface area (Å²) in [5.41, 5.74) is 5.95. The van der Waals surface area contributed by atoms with Crippen LogP contribution >= 0.6 is 27.5 Å². The number of aromatic nitrogens is 2. The van der Waals surface area contributed by atoms with Gasteiger partial charge in [-0.15, -0.1) is 0 Å². The zero-order valence-corrected chi connectivity index (χ0v) is 10.8. The minimum atomic E-state index is -0.367. The van der Waals surface area contributed by atoms with Crippen LogP contribution in [-0.2, 0) is 0 Å². The Labute approximate surface area is 110 Å². The van der Waals surface area contributed by atoms with E-state index in [-0.39, 0.29) is 11.8 Å². The fourth-order valence-corrected chi connectivity index (χ4v) is 1.67. The molecule has 0 atom stereocenters. The van der Waals surface area contributed by atoms with E-state index in [0.29, 0.717) is 21.0 Å². The number of hydrogen-bond acceptors (Lipinski definition) is 4. The first-order chi connectivity index (χ1) is 8.06. The van der Waals surface area contributed by atoms with Crippen molar-refractivity contribution in [2.24, 2.45) is 0 Å². The van der Waals surface area contributed by atoms with E-state index in [2.05, 4.69) is 31.2 Å². The first-order valence-electron chi connectivity index (χ1n) is 4.56. The van der Waals surface area contributed by atoms with Crippen LogP contribution < -0.4 is 11.1 Å². The number of nitrogens with zero attached hydrogens (tertiary/aromatic N) is 2. The normalized spacial score (nSPS) is 10.3. The van der Waals surface area contributed by atoms with Gasteiger partial charge >= 0.3 is 0 Å². The molecule has 0 bridgehead atoms. The highest BCUT2D eigenvalue weighted by atomic mass is 79.9. The molecule has 3 N–H and O–H groups in total. The fraction of sp³-hybridized carbons (Fsp3) is 0. The molecule has 0 aliphatic rings. The van der Waals surface area contributed by atoms with Gasteiger partial charge in [0.1, 0.15) is 10.8 Å². The number of halogens is 3. The van der Waals surface area contributed by atoms with Crippen molar-refractivity contribution in [3.05, 3.63) is 39.7 Å². The molecule has 1 aromatic carbocycles. The first-order valence-corrected chi connectivity index (χ1v) is 5.73. The monoisotopic (exact) mass is 316 g/mol. The highest BCUT2D eigenvalue weighted by Crippen LogP contribution is 2.28. The second-order valence-electron chi connectivity index (χ2n) is 3.17. The average Bonchev–Trinajstić information content (AvgIpc) is 2.28. The number of anilines is 3. The Balaban J connectivity index is 2.37. The maximum Gasteiger partial charge on any atom is 0.222 e. The molecule has 0 saturated heterocycles. The lowest BCUT2D eigenvalue weighted by Crippen LogP contribution is -2.01. The molecule has 0 aliphatic heterocycles. The van der Waals surface area contributed by atoms with Crippen LogP contribution in [0.4, 0.5) is 21.8 Å². The van der Waals surface area contributed by atoms with Crippen molar-refractivity contribution in [2.45, 2.75) is 0 Å². The van der Waals surface area contributed by atoms with Crippen molar-refractivity contribution in [1.82, 2.24) is 9.97 Å². The van der Waals surface area contributed by atoms with Gasteiger partial charge in [-0.3, -0.25) is 0 Å². The van der Waals surface area contributed by atoms with Gasteiger partial charge in [0.05, 0.1) is 11.9 Å². The molecule has 0 aliphatic carbocycles. The second-order valence-corrected chi connectivity index (χ2v) is 4.44. The average molecular weight is 318 g/mol. The summed E-state index contributed by atoms with van der Waals surface area (Å²) in [7, 11) is 0. The lowest BCUT2D eigenvalue weighted by atomic mass is 10.3. The van der Waals surface area contributed by atoms with E-state index in [1.54, 1.807) is 6.07 Å². The molecular formula is C10H7BrClFN4. The van der Waals surface area contributed by atoms with Gasteiger partial charge < -0.3 is 11.1 Å². The van der Waals surface area contributed by atoms with Crippen molar-refractivity contribution in [2.75, 3.05) is 11.1 Å². The number of hydrogen-bond donors (Lipinski definition) is 2. The van der Waals surface area contributed by atoms with Crippen LogP contribution in [0.1, 0.15) is 0 Å². The fourth-order valence-electron chi connectivity index (χ4n) is 1.19. The van der Waals surface area contributed by atoms with Gasteiger partial charge in [0.2, 0.25) is 5.95 Å². The predicted octanol–water partition coefficient (Wildman–Crippen LogP) is 3.36. The van der Waals surface area contributed by atoms with Crippen molar-refractivity contribution < 1.29 is 4.39 Å². The molecule has 4 nitrogen and oxygen atoms in total. The number of rotatable bonds is 2. The van der Waals surface area contributed by atoms with Gasteiger partial charge in [-0.1, -0.05) is 11.6 Å².